The van der Waals surface area contributed by atoms with Crippen LogP contribution in [0.25, 0.3) is 0 Å². The van der Waals surface area contributed by atoms with Crippen LogP contribution < -0.4 is 5.32 Å². The summed E-state index contributed by atoms with van der Waals surface area (Å²) in [5, 5.41) is 12.0. The van der Waals surface area contributed by atoms with E-state index in [2.05, 4.69) is 17.9 Å². The summed E-state index contributed by atoms with van der Waals surface area (Å²) in [4.78, 5) is 10.8. The van der Waals surface area contributed by atoms with Crippen LogP contribution >= 0.6 is 12.6 Å². The van der Waals surface area contributed by atoms with Gasteiger partial charge in [0, 0.05) is 6.54 Å². The van der Waals surface area contributed by atoms with Crippen LogP contribution in [0.15, 0.2) is 0 Å². The van der Waals surface area contributed by atoms with Crippen LogP contribution in [0, 0.1) is 5.92 Å². The molecule has 1 rings (SSSR count). The molecular weight excluding hydrogens is 174 g/mol. The van der Waals surface area contributed by atoms with Gasteiger partial charge in [0.25, 0.3) is 0 Å². The maximum absolute atomic E-state index is 10.8. The first kappa shape index (κ1) is 9.86. The molecule has 70 valence electrons. The van der Waals surface area contributed by atoms with Crippen LogP contribution in [0.2, 0.25) is 0 Å². The Morgan fingerprint density at radius 1 is 1.58 bits per heavy atom. The molecule has 12 heavy (non-hydrogen) atoms. The van der Waals surface area contributed by atoms with E-state index in [-0.39, 0.29) is 17.8 Å². The van der Waals surface area contributed by atoms with Gasteiger partial charge >= 0.3 is 0 Å². The predicted molar refractivity (Wildman–Crippen MR) is 50.2 cm³/mol. The first-order valence-electron chi connectivity index (χ1n) is 4.28. The summed E-state index contributed by atoms with van der Waals surface area (Å²) in [6.07, 6.45) is 2.57. The Kier molecular flexibility index (Phi) is 3.88. The molecule has 0 aromatic heterocycles. The van der Waals surface area contributed by atoms with Gasteiger partial charge in [0.2, 0.25) is 5.91 Å². The minimum Gasteiger partial charge on any atom is -0.393 e. The molecule has 2 unspecified atom stereocenters. The van der Waals surface area contributed by atoms with Crippen molar-refractivity contribution in [3.05, 3.63) is 0 Å². The Morgan fingerprint density at radius 3 is 2.83 bits per heavy atom. The molecule has 0 heterocycles. The van der Waals surface area contributed by atoms with Gasteiger partial charge < -0.3 is 10.4 Å². The van der Waals surface area contributed by atoms with E-state index in [0.29, 0.717) is 12.5 Å². The third-order valence-electron chi connectivity index (χ3n) is 2.25. The van der Waals surface area contributed by atoms with Crippen molar-refractivity contribution in [2.24, 2.45) is 5.92 Å². The highest BCUT2D eigenvalue weighted by Crippen LogP contribution is 2.24. The molecule has 0 aromatic carbocycles. The van der Waals surface area contributed by atoms with E-state index in [9.17, 15) is 9.90 Å². The molecule has 0 bridgehead atoms. The predicted octanol–water partition coefficient (Wildman–Crippen LogP) is 0.193. The third-order valence-corrected chi connectivity index (χ3v) is 2.53. The van der Waals surface area contributed by atoms with E-state index in [0.717, 1.165) is 19.3 Å². The van der Waals surface area contributed by atoms with Crippen molar-refractivity contribution in [2.75, 3.05) is 12.3 Å². The van der Waals surface area contributed by atoms with Gasteiger partial charge in [-0.3, -0.25) is 4.79 Å². The summed E-state index contributed by atoms with van der Waals surface area (Å²) >= 11 is 3.85. The number of nitrogens with one attached hydrogen (secondary N) is 1. The number of amides is 1. The molecule has 0 saturated heterocycles. The van der Waals surface area contributed by atoms with Crippen molar-refractivity contribution in [2.45, 2.75) is 25.4 Å². The summed E-state index contributed by atoms with van der Waals surface area (Å²) in [5.74, 6) is 0.679. The number of aliphatic hydroxyl groups excluding tert-OH is 1. The quantitative estimate of drug-likeness (QED) is 0.555. The van der Waals surface area contributed by atoms with Gasteiger partial charge in [-0.15, -0.1) is 0 Å². The molecule has 2 atom stereocenters. The molecule has 0 aromatic rings. The summed E-state index contributed by atoms with van der Waals surface area (Å²) in [6, 6.07) is 0. The molecule has 3 nitrogen and oxygen atoms in total. The SMILES string of the molecule is O=C(CS)NCC1CCC(O)C1. The first-order valence-corrected chi connectivity index (χ1v) is 4.91. The Bertz CT molecular complexity index is 163. The topological polar surface area (TPSA) is 49.3 Å². The maximum atomic E-state index is 10.8. The highest BCUT2D eigenvalue weighted by atomic mass is 32.1. The lowest BCUT2D eigenvalue weighted by Crippen LogP contribution is -2.29. The summed E-state index contributed by atoms with van der Waals surface area (Å²) < 4.78 is 0. The molecule has 4 heteroatoms. The second-order valence-electron chi connectivity index (χ2n) is 3.30. The Labute approximate surface area is 77.9 Å². The van der Waals surface area contributed by atoms with Gasteiger partial charge in [0.15, 0.2) is 0 Å². The molecule has 1 fully saturated rings. The van der Waals surface area contributed by atoms with Crippen LogP contribution in [0.4, 0.5) is 0 Å². The largest absolute Gasteiger partial charge is 0.393 e. The van der Waals surface area contributed by atoms with Crippen molar-refractivity contribution in [1.82, 2.24) is 5.32 Å². The van der Waals surface area contributed by atoms with Gasteiger partial charge in [-0.25, -0.2) is 0 Å². The van der Waals surface area contributed by atoms with Crippen molar-refractivity contribution >= 4 is 18.5 Å². The third kappa shape index (κ3) is 3.03. The fourth-order valence-electron chi connectivity index (χ4n) is 1.55. The highest BCUT2D eigenvalue weighted by Gasteiger charge is 2.22. The standard InChI is InChI=1S/C8H15NO2S/c10-7-2-1-6(3-7)4-9-8(11)5-12/h6-7,10,12H,1-5H2,(H,9,11). The van der Waals surface area contributed by atoms with E-state index < -0.39 is 0 Å². The van der Waals surface area contributed by atoms with E-state index >= 15 is 0 Å². The van der Waals surface area contributed by atoms with Crippen LogP contribution in [0.3, 0.4) is 0 Å². The molecule has 1 saturated carbocycles. The smallest absolute Gasteiger partial charge is 0.229 e. The second kappa shape index (κ2) is 4.72. The fourth-order valence-corrected chi connectivity index (χ4v) is 1.66. The normalized spacial score (nSPS) is 28.8. The minimum atomic E-state index is -0.150. The maximum Gasteiger partial charge on any atom is 0.229 e. The lowest BCUT2D eigenvalue weighted by molar-refractivity contribution is -0.118. The molecule has 0 aliphatic heterocycles. The number of carbonyl (C=O) groups excluding carboxylic acids is 1. The molecule has 0 radical (unpaired) electrons. The second-order valence-corrected chi connectivity index (χ2v) is 3.61. The highest BCUT2D eigenvalue weighted by molar-refractivity contribution is 7.81. The van der Waals surface area contributed by atoms with Gasteiger partial charge in [0.05, 0.1) is 11.9 Å². The Balaban J connectivity index is 2.11. The number of hydrogen-bond donors (Lipinski definition) is 3. The molecule has 1 amide bonds. The summed E-state index contributed by atoms with van der Waals surface area (Å²) in [6.45, 7) is 0.691. The average Bonchev–Trinajstić information content (AvgIpc) is 2.47. The van der Waals surface area contributed by atoms with Crippen LogP contribution in [0.1, 0.15) is 19.3 Å². The van der Waals surface area contributed by atoms with Crippen molar-refractivity contribution in [3.8, 4) is 0 Å². The Morgan fingerprint density at radius 2 is 2.33 bits per heavy atom. The van der Waals surface area contributed by atoms with E-state index in [1.165, 1.54) is 0 Å². The zero-order valence-electron chi connectivity index (χ0n) is 6.99. The van der Waals surface area contributed by atoms with Gasteiger partial charge in [-0.2, -0.15) is 12.6 Å². The van der Waals surface area contributed by atoms with Gasteiger partial charge in [-0.05, 0) is 25.2 Å². The number of aliphatic hydroxyl groups is 1. The zero-order valence-corrected chi connectivity index (χ0v) is 7.89. The van der Waals surface area contributed by atoms with Crippen LogP contribution in [-0.4, -0.2) is 29.4 Å². The first-order chi connectivity index (χ1) is 5.72. The van der Waals surface area contributed by atoms with Gasteiger partial charge in [-0.1, -0.05) is 0 Å². The molecule has 1 aliphatic carbocycles. The van der Waals surface area contributed by atoms with Crippen LogP contribution in [0.5, 0.6) is 0 Å². The molecule has 1 aliphatic rings. The van der Waals surface area contributed by atoms with Crippen molar-refractivity contribution < 1.29 is 9.90 Å². The molecule has 2 N–H and O–H groups in total. The van der Waals surface area contributed by atoms with E-state index in [1.54, 1.807) is 0 Å². The summed E-state index contributed by atoms with van der Waals surface area (Å²) in [7, 11) is 0. The average molecular weight is 189 g/mol. The number of thiol groups is 1. The number of hydrogen-bond acceptors (Lipinski definition) is 3. The minimum absolute atomic E-state index is 0.0280. The van der Waals surface area contributed by atoms with E-state index in [1.807, 2.05) is 0 Å². The van der Waals surface area contributed by atoms with Crippen molar-refractivity contribution in [3.63, 3.8) is 0 Å². The summed E-state index contributed by atoms with van der Waals surface area (Å²) in [5.41, 5.74) is 0. The lowest BCUT2D eigenvalue weighted by Gasteiger charge is -2.09. The lowest BCUT2D eigenvalue weighted by atomic mass is 10.1. The van der Waals surface area contributed by atoms with Crippen LogP contribution in [-0.2, 0) is 4.79 Å². The Hall–Kier alpha value is -0.220. The monoisotopic (exact) mass is 189 g/mol. The zero-order chi connectivity index (χ0) is 8.97. The van der Waals surface area contributed by atoms with E-state index in [4.69, 9.17) is 0 Å². The number of rotatable bonds is 3. The number of carbonyl (C=O) groups is 1. The molecule has 0 spiro atoms. The molecular formula is C8H15NO2S. The van der Waals surface area contributed by atoms with Crippen molar-refractivity contribution in [1.29, 1.82) is 0 Å². The fraction of sp³-hybridized carbons (Fsp3) is 0.875. The van der Waals surface area contributed by atoms with Gasteiger partial charge in [0.1, 0.15) is 0 Å².